The highest BCUT2D eigenvalue weighted by atomic mass is 16.5. The first-order valence-electron chi connectivity index (χ1n) is 7.69. The van der Waals surface area contributed by atoms with Crippen molar-refractivity contribution in [2.45, 2.75) is 45.3 Å². The van der Waals surface area contributed by atoms with Crippen molar-refractivity contribution in [2.24, 2.45) is 5.73 Å². The van der Waals surface area contributed by atoms with Crippen LogP contribution in [0.15, 0.2) is 18.2 Å². The van der Waals surface area contributed by atoms with Gasteiger partial charge in [0.2, 0.25) is 0 Å². The molecule has 0 bridgehead atoms. The van der Waals surface area contributed by atoms with Gasteiger partial charge in [-0.3, -0.25) is 0 Å². The normalized spacial score (nSPS) is 21.1. The summed E-state index contributed by atoms with van der Waals surface area (Å²) in [5, 5.41) is 0. The first-order valence-corrected chi connectivity index (χ1v) is 7.69. The Morgan fingerprint density at radius 3 is 2.75 bits per heavy atom. The molecule has 3 heteroatoms. The van der Waals surface area contributed by atoms with Crippen molar-refractivity contribution in [1.82, 2.24) is 4.90 Å². The number of ether oxygens (including phenoxy) is 1. The van der Waals surface area contributed by atoms with E-state index in [4.69, 9.17) is 10.5 Å². The third-order valence-corrected chi connectivity index (χ3v) is 4.26. The van der Waals surface area contributed by atoms with Gasteiger partial charge in [0, 0.05) is 25.7 Å². The average molecular weight is 276 g/mol. The van der Waals surface area contributed by atoms with Crippen LogP contribution in [0.2, 0.25) is 0 Å². The Kier molecular flexibility index (Phi) is 5.58. The molecule has 0 aromatic heterocycles. The predicted octanol–water partition coefficient (Wildman–Crippen LogP) is 2.80. The van der Waals surface area contributed by atoms with Crippen LogP contribution in [-0.2, 0) is 4.74 Å². The van der Waals surface area contributed by atoms with Crippen molar-refractivity contribution < 1.29 is 4.74 Å². The predicted molar refractivity (Wildman–Crippen MR) is 83.9 cm³/mol. The lowest BCUT2D eigenvalue weighted by Crippen LogP contribution is -2.37. The molecular formula is C17H28N2O. The number of nitrogens with two attached hydrogens (primary N) is 1. The quantitative estimate of drug-likeness (QED) is 0.898. The summed E-state index contributed by atoms with van der Waals surface area (Å²) in [7, 11) is 2.14. The Labute approximate surface area is 123 Å². The molecule has 2 rings (SSSR count). The summed E-state index contributed by atoms with van der Waals surface area (Å²) in [6.07, 6.45) is 4.08. The van der Waals surface area contributed by atoms with Crippen LogP contribution < -0.4 is 5.73 Å². The van der Waals surface area contributed by atoms with Gasteiger partial charge in [-0.15, -0.1) is 0 Å². The molecule has 0 amide bonds. The van der Waals surface area contributed by atoms with Gasteiger partial charge in [0.15, 0.2) is 0 Å². The van der Waals surface area contributed by atoms with E-state index in [0.29, 0.717) is 6.10 Å². The molecule has 3 nitrogen and oxygen atoms in total. The Bertz CT molecular complexity index is 427. The van der Waals surface area contributed by atoms with E-state index in [-0.39, 0.29) is 6.04 Å². The summed E-state index contributed by atoms with van der Waals surface area (Å²) in [6, 6.07) is 6.60. The minimum absolute atomic E-state index is 0.0721. The molecule has 2 N–H and O–H groups in total. The van der Waals surface area contributed by atoms with Gasteiger partial charge in [-0.1, -0.05) is 18.2 Å². The molecule has 1 aliphatic rings. The topological polar surface area (TPSA) is 38.5 Å². The second kappa shape index (κ2) is 7.21. The molecule has 2 unspecified atom stereocenters. The molecule has 1 fully saturated rings. The fourth-order valence-corrected chi connectivity index (χ4v) is 2.81. The summed E-state index contributed by atoms with van der Waals surface area (Å²) in [6.45, 7) is 7.06. The highest BCUT2D eigenvalue weighted by molar-refractivity contribution is 5.31. The lowest BCUT2D eigenvalue weighted by molar-refractivity contribution is -0.00214. The number of hydrogen-bond donors (Lipinski definition) is 1. The van der Waals surface area contributed by atoms with Gasteiger partial charge < -0.3 is 15.4 Å². The molecule has 1 heterocycles. The van der Waals surface area contributed by atoms with Gasteiger partial charge in [0.1, 0.15) is 0 Å². The van der Waals surface area contributed by atoms with E-state index in [2.05, 4.69) is 44.0 Å². The molecule has 112 valence electrons. The lowest BCUT2D eigenvalue weighted by Gasteiger charge is -2.29. The minimum atomic E-state index is 0.0721. The van der Waals surface area contributed by atoms with Crippen LogP contribution in [0, 0.1) is 13.8 Å². The van der Waals surface area contributed by atoms with Gasteiger partial charge in [-0.05, 0) is 56.8 Å². The van der Waals surface area contributed by atoms with Crippen molar-refractivity contribution in [3.8, 4) is 0 Å². The molecule has 0 radical (unpaired) electrons. The van der Waals surface area contributed by atoms with Crippen molar-refractivity contribution >= 4 is 0 Å². The smallest absolute Gasteiger partial charge is 0.0701 e. The first kappa shape index (κ1) is 15.5. The number of rotatable bonds is 5. The average Bonchev–Trinajstić information content (AvgIpc) is 2.42. The van der Waals surface area contributed by atoms with Crippen LogP contribution in [0.4, 0.5) is 0 Å². The molecule has 2 atom stereocenters. The maximum absolute atomic E-state index is 6.34. The van der Waals surface area contributed by atoms with Crippen LogP contribution >= 0.6 is 0 Å². The van der Waals surface area contributed by atoms with Crippen molar-refractivity contribution in [1.29, 1.82) is 0 Å². The monoisotopic (exact) mass is 276 g/mol. The van der Waals surface area contributed by atoms with Crippen molar-refractivity contribution in [3.05, 3.63) is 34.9 Å². The maximum atomic E-state index is 6.34. The zero-order valence-corrected chi connectivity index (χ0v) is 13.1. The molecular weight excluding hydrogens is 248 g/mol. The van der Waals surface area contributed by atoms with E-state index in [0.717, 1.165) is 19.7 Å². The number of benzene rings is 1. The largest absolute Gasteiger partial charge is 0.377 e. The molecule has 1 saturated heterocycles. The van der Waals surface area contributed by atoms with E-state index in [9.17, 15) is 0 Å². The van der Waals surface area contributed by atoms with Crippen LogP contribution in [0.1, 0.15) is 42.0 Å². The third-order valence-electron chi connectivity index (χ3n) is 4.26. The summed E-state index contributed by atoms with van der Waals surface area (Å²) in [4.78, 5) is 2.30. The fourth-order valence-electron chi connectivity index (χ4n) is 2.81. The Hall–Kier alpha value is -0.900. The van der Waals surface area contributed by atoms with Crippen LogP contribution in [0.25, 0.3) is 0 Å². The maximum Gasteiger partial charge on any atom is 0.0701 e. The van der Waals surface area contributed by atoms with Crippen LogP contribution in [0.5, 0.6) is 0 Å². The van der Waals surface area contributed by atoms with Gasteiger partial charge >= 0.3 is 0 Å². The first-order chi connectivity index (χ1) is 9.56. The van der Waals surface area contributed by atoms with E-state index < -0.39 is 0 Å². The SMILES string of the molecule is Cc1ccc(C(N)CN(C)CC2CCCCO2)cc1C. The van der Waals surface area contributed by atoms with Gasteiger partial charge in [0.25, 0.3) is 0 Å². The van der Waals surface area contributed by atoms with E-state index in [1.54, 1.807) is 0 Å². The molecule has 1 aromatic carbocycles. The molecule has 0 spiro atoms. The number of aryl methyl sites for hydroxylation is 2. The highest BCUT2D eigenvalue weighted by Gasteiger charge is 2.17. The minimum Gasteiger partial charge on any atom is -0.377 e. The second-order valence-corrected chi connectivity index (χ2v) is 6.16. The summed E-state index contributed by atoms with van der Waals surface area (Å²) >= 11 is 0. The highest BCUT2D eigenvalue weighted by Crippen LogP contribution is 2.18. The third kappa shape index (κ3) is 4.30. The summed E-state index contributed by atoms with van der Waals surface area (Å²) in [5.74, 6) is 0. The second-order valence-electron chi connectivity index (χ2n) is 6.16. The Morgan fingerprint density at radius 2 is 2.10 bits per heavy atom. The van der Waals surface area contributed by atoms with Crippen LogP contribution in [-0.4, -0.2) is 37.7 Å². The molecule has 20 heavy (non-hydrogen) atoms. The Balaban J connectivity index is 1.86. The van der Waals surface area contributed by atoms with Crippen molar-refractivity contribution in [3.63, 3.8) is 0 Å². The molecule has 1 aromatic rings. The van der Waals surface area contributed by atoms with Gasteiger partial charge in [-0.2, -0.15) is 0 Å². The number of likely N-dealkylation sites (N-methyl/N-ethyl adjacent to an activating group) is 1. The van der Waals surface area contributed by atoms with Gasteiger partial charge in [0.05, 0.1) is 6.10 Å². The van der Waals surface area contributed by atoms with Crippen LogP contribution in [0.3, 0.4) is 0 Å². The van der Waals surface area contributed by atoms with Gasteiger partial charge in [-0.25, -0.2) is 0 Å². The fraction of sp³-hybridized carbons (Fsp3) is 0.647. The van der Waals surface area contributed by atoms with E-state index in [1.807, 2.05) is 0 Å². The van der Waals surface area contributed by atoms with E-state index in [1.165, 1.54) is 36.0 Å². The molecule has 1 aliphatic heterocycles. The van der Waals surface area contributed by atoms with E-state index >= 15 is 0 Å². The van der Waals surface area contributed by atoms with Crippen molar-refractivity contribution in [2.75, 3.05) is 26.7 Å². The molecule has 0 saturated carbocycles. The zero-order valence-electron chi connectivity index (χ0n) is 13.1. The number of nitrogens with zero attached hydrogens (tertiary/aromatic N) is 1. The summed E-state index contributed by atoms with van der Waals surface area (Å²) in [5.41, 5.74) is 10.2. The standard InChI is InChI=1S/C17H28N2O/c1-13-7-8-15(10-14(13)2)17(18)12-19(3)11-16-6-4-5-9-20-16/h7-8,10,16-17H,4-6,9,11-12,18H2,1-3H3. The molecule has 0 aliphatic carbocycles. The summed E-state index contributed by atoms with van der Waals surface area (Å²) < 4.78 is 5.79. The Morgan fingerprint density at radius 1 is 1.30 bits per heavy atom. The zero-order chi connectivity index (χ0) is 14.5. The lowest BCUT2D eigenvalue weighted by atomic mass is 10.0. The number of hydrogen-bond acceptors (Lipinski definition) is 3.